The molecule has 0 fully saturated rings. The molecule has 0 saturated heterocycles. The minimum absolute atomic E-state index is 0.121. The molecule has 102 valence electrons. The summed E-state index contributed by atoms with van der Waals surface area (Å²) in [6.07, 6.45) is 0. The second kappa shape index (κ2) is 5.41. The SMILES string of the molecule is CNC(CS(=O)(=O)C(C)(C)C)c1ccc(C)cc1. The molecule has 1 aromatic rings. The Balaban J connectivity index is 2.96. The third-order valence-electron chi connectivity index (χ3n) is 3.15. The summed E-state index contributed by atoms with van der Waals surface area (Å²) in [5.41, 5.74) is 2.18. The van der Waals surface area contributed by atoms with Crippen LogP contribution < -0.4 is 5.32 Å². The number of sulfone groups is 1. The molecule has 1 N–H and O–H groups in total. The molecule has 0 aliphatic rings. The fraction of sp³-hybridized carbons (Fsp3) is 0.571. The van der Waals surface area contributed by atoms with E-state index in [1.165, 1.54) is 5.56 Å². The van der Waals surface area contributed by atoms with Crippen LogP contribution in [0.4, 0.5) is 0 Å². The van der Waals surface area contributed by atoms with Crippen LogP contribution in [0.1, 0.15) is 37.9 Å². The van der Waals surface area contributed by atoms with Gasteiger partial charge in [-0.15, -0.1) is 0 Å². The highest BCUT2D eigenvalue weighted by Crippen LogP contribution is 2.23. The van der Waals surface area contributed by atoms with E-state index in [0.717, 1.165) is 5.56 Å². The van der Waals surface area contributed by atoms with E-state index in [-0.39, 0.29) is 11.8 Å². The van der Waals surface area contributed by atoms with Gasteiger partial charge in [-0.25, -0.2) is 8.42 Å². The smallest absolute Gasteiger partial charge is 0.157 e. The first-order valence-corrected chi connectivity index (χ1v) is 7.79. The maximum absolute atomic E-state index is 12.2. The summed E-state index contributed by atoms with van der Waals surface area (Å²) in [5, 5.41) is 3.09. The van der Waals surface area contributed by atoms with E-state index in [1.807, 2.05) is 31.2 Å². The van der Waals surface area contributed by atoms with Crippen molar-refractivity contribution in [3.63, 3.8) is 0 Å². The molecule has 1 atom stereocenters. The highest BCUT2D eigenvalue weighted by Gasteiger charge is 2.31. The van der Waals surface area contributed by atoms with Crippen molar-refractivity contribution in [1.82, 2.24) is 5.32 Å². The van der Waals surface area contributed by atoms with Crippen LogP contribution in [0.25, 0.3) is 0 Å². The van der Waals surface area contributed by atoms with Crippen molar-refractivity contribution in [2.75, 3.05) is 12.8 Å². The molecule has 3 nitrogen and oxygen atoms in total. The summed E-state index contributed by atoms with van der Waals surface area (Å²) in [4.78, 5) is 0. The normalized spacial score (nSPS) is 14.5. The Morgan fingerprint density at radius 2 is 1.67 bits per heavy atom. The zero-order valence-corrected chi connectivity index (χ0v) is 12.6. The molecule has 0 aliphatic heterocycles. The van der Waals surface area contributed by atoms with Crippen LogP contribution in [0.15, 0.2) is 24.3 Å². The van der Waals surface area contributed by atoms with Gasteiger partial charge in [-0.1, -0.05) is 29.8 Å². The number of aryl methyl sites for hydroxylation is 1. The van der Waals surface area contributed by atoms with Gasteiger partial charge in [0, 0.05) is 6.04 Å². The van der Waals surface area contributed by atoms with Crippen LogP contribution in [0.3, 0.4) is 0 Å². The molecule has 4 heteroatoms. The van der Waals surface area contributed by atoms with E-state index in [0.29, 0.717) is 0 Å². The molecule has 1 aromatic carbocycles. The first-order valence-electron chi connectivity index (χ1n) is 6.13. The van der Waals surface area contributed by atoms with E-state index in [9.17, 15) is 8.42 Å². The quantitative estimate of drug-likeness (QED) is 0.913. The first kappa shape index (κ1) is 15.2. The average molecular weight is 269 g/mol. The first-order chi connectivity index (χ1) is 8.17. The van der Waals surface area contributed by atoms with E-state index in [1.54, 1.807) is 27.8 Å². The van der Waals surface area contributed by atoms with Gasteiger partial charge in [0.05, 0.1) is 10.5 Å². The number of benzene rings is 1. The second-order valence-corrected chi connectivity index (χ2v) is 8.43. The molecular weight excluding hydrogens is 246 g/mol. The van der Waals surface area contributed by atoms with Gasteiger partial charge < -0.3 is 5.32 Å². The molecule has 0 aromatic heterocycles. The van der Waals surface area contributed by atoms with Crippen LogP contribution in [0.5, 0.6) is 0 Å². The second-order valence-electron chi connectivity index (χ2n) is 5.65. The number of hydrogen-bond donors (Lipinski definition) is 1. The Morgan fingerprint density at radius 1 is 1.17 bits per heavy atom. The largest absolute Gasteiger partial charge is 0.312 e. The molecular formula is C14H23NO2S. The van der Waals surface area contributed by atoms with E-state index >= 15 is 0 Å². The molecule has 0 heterocycles. The van der Waals surface area contributed by atoms with Crippen LogP contribution in [-0.2, 0) is 9.84 Å². The lowest BCUT2D eigenvalue weighted by atomic mass is 10.1. The third kappa shape index (κ3) is 3.56. The zero-order valence-electron chi connectivity index (χ0n) is 11.8. The summed E-state index contributed by atoms with van der Waals surface area (Å²) < 4.78 is 23.7. The van der Waals surface area contributed by atoms with Gasteiger partial charge in [0.1, 0.15) is 0 Å². The van der Waals surface area contributed by atoms with E-state index in [4.69, 9.17) is 0 Å². The van der Waals surface area contributed by atoms with Gasteiger partial charge in [0.15, 0.2) is 9.84 Å². The van der Waals surface area contributed by atoms with Gasteiger partial charge >= 0.3 is 0 Å². The molecule has 0 amide bonds. The van der Waals surface area contributed by atoms with E-state index < -0.39 is 14.6 Å². The fourth-order valence-electron chi connectivity index (χ4n) is 1.61. The van der Waals surface area contributed by atoms with Gasteiger partial charge in [0.25, 0.3) is 0 Å². The predicted molar refractivity (Wildman–Crippen MR) is 76.5 cm³/mol. The zero-order chi connectivity index (χ0) is 14.0. The fourth-order valence-corrected chi connectivity index (χ4v) is 2.91. The van der Waals surface area contributed by atoms with Crippen LogP contribution >= 0.6 is 0 Å². The van der Waals surface area contributed by atoms with Crippen LogP contribution in [0, 0.1) is 6.92 Å². The van der Waals surface area contributed by atoms with Crippen LogP contribution in [0.2, 0.25) is 0 Å². The summed E-state index contributed by atoms with van der Waals surface area (Å²) in [5.74, 6) is 0.121. The summed E-state index contributed by atoms with van der Waals surface area (Å²) in [7, 11) is -1.34. The third-order valence-corrected chi connectivity index (χ3v) is 5.79. The minimum atomic E-state index is -3.13. The van der Waals surface area contributed by atoms with Crippen molar-refractivity contribution in [3.8, 4) is 0 Å². The number of nitrogens with one attached hydrogen (secondary N) is 1. The van der Waals surface area contributed by atoms with Crippen molar-refractivity contribution >= 4 is 9.84 Å². The molecule has 0 bridgehead atoms. The Labute approximate surface area is 111 Å². The highest BCUT2D eigenvalue weighted by atomic mass is 32.2. The molecule has 0 spiro atoms. The Hall–Kier alpha value is -0.870. The Bertz CT molecular complexity index is 484. The van der Waals surface area contributed by atoms with Crippen molar-refractivity contribution in [1.29, 1.82) is 0 Å². The summed E-state index contributed by atoms with van der Waals surface area (Å²) in [6, 6.07) is 7.81. The Kier molecular flexibility index (Phi) is 4.56. The number of hydrogen-bond acceptors (Lipinski definition) is 3. The lowest BCUT2D eigenvalue weighted by molar-refractivity contribution is 0.542. The molecule has 0 radical (unpaired) electrons. The predicted octanol–water partition coefficient (Wildman–Crippen LogP) is 2.47. The van der Waals surface area contributed by atoms with E-state index in [2.05, 4.69) is 5.32 Å². The molecule has 1 rings (SSSR count). The van der Waals surface area contributed by atoms with Crippen LogP contribution in [-0.4, -0.2) is 26.0 Å². The highest BCUT2D eigenvalue weighted by molar-refractivity contribution is 7.92. The molecule has 0 saturated carbocycles. The number of rotatable bonds is 4. The van der Waals surface area contributed by atoms with Gasteiger partial charge in [-0.05, 0) is 40.3 Å². The lowest BCUT2D eigenvalue weighted by Crippen LogP contribution is -2.35. The monoisotopic (exact) mass is 269 g/mol. The summed E-state index contributed by atoms with van der Waals surface area (Å²) >= 11 is 0. The Morgan fingerprint density at radius 3 is 2.06 bits per heavy atom. The maximum atomic E-state index is 12.2. The van der Waals surface area contributed by atoms with Crippen molar-refractivity contribution in [2.24, 2.45) is 0 Å². The minimum Gasteiger partial charge on any atom is -0.312 e. The summed E-state index contributed by atoms with van der Waals surface area (Å²) in [6.45, 7) is 7.24. The maximum Gasteiger partial charge on any atom is 0.157 e. The van der Waals surface area contributed by atoms with Gasteiger partial charge in [-0.2, -0.15) is 0 Å². The topological polar surface area (TPSA) is 46.2 Å². The molecule has 1 unspecified atom stereocenters. The van der Waals surface area contributed by atoms with Crippen molar-refractivity contribution < 1.29 is 8.42 Å². The lowest BCUT2D eigenvalue weighted by Gasteiger charge is -2.24. The molecule has 18 heavy (non-hydrogen) atoms. The van der Waals surface area contributed by atoms with Crippen molar-refractivity contribution in [2.45, 2.75) is 38.5 Å². The average Bonchev–Trinajstić information content (AvgIpc) is 2.25. The molecule has 0 aliphatic carbocycles. The van der Waals surface area contributed by atoms with Gasteiger partial charge in [-0.3, -0.25) is 0 Å². The standard InChI is InChI=1S/C14H23NO2S/c1-11-6-8-12(9-7-11)13(15-5)10-18(16,17)14(2,3)4/h6-9,13,15H,10H2,1-5H3. The van der Waals surface area contributed by atoms with Gasteiger partial charge in [0.2, 0.25) is 0 Å². The van der Waals surface area contributed by atoms with Crippen molar-refractivity contribution in [3.05, 3.63) is 35.4 Å².